The van der Waals surface area contributed by atoms with E-state index in [2.05, 4.69) is 47.6 Å². The number of pyridine rings is 1. The van der Waals surface area contributed by atoms with Gasteiger partial charge < -0.3 is 9.30 Å². The maximum atomic E-state index is 5.62. The summed E-state index contributed by atoms with van der Waals surface area (Å²) in [6, 6.07) is 12.5. The first kappa shape index (κ1) is 14.6. The SMILES string of the molecule is CCCC#Cc1ccc2c3ccccc3n(COCC)c2n1. The molecular weight excluding hydrogens is 272 g/mol. The number of hydrogen-bond donors (Lipinski definition) is 0. The predicted octanol–water partition coefficient (Wildman–Crippen LogP) is 4.34. The molecule has 0 spiro atoms. The first-order valence-electron chi connectivity index (χ1n) is 7.79. The van der Waals surface area contributed by atoms with Crippen LogP contribution in [0.4, 0.5) is 0 Å². The average Bonchev–Trinajstić information content (AvgIpc) is 2.86. The van der Waals surface area contributed by atoms with Gasteiger partial charge in [0, 0.05) is 23.8 Å². The molecule has 0 aliphatic heterocycles. The fourth-order valence-electron chi connectivity index (χ4n) is 2.58. The number of aromatic nitrogens is 2. The van der Waals surface area contributed by atoms with Crippen molar-refractivity contribution in [2.24, 2.45) is 0 Å². The number of ether oxygens (including phenoxy) is 1. The van der Waals surface area contributed by atoms with Gasteiger partial charge in [-0.1, -0.05) is 31.0 Å². The summed E-state index contributed by atoms with van der Waals surface area (Å²) in [6.45, 7) is 5.33. The van der Waals surface area contributed by atoms with Crippen molar-refractivity contribution in [3.05, 3.63) is 42.1 Å². The zero-order valence-corrected chi connectivity index (χ0v) is 13.1. The van der Waals surface area contributed by atoms with Crippen LogP contribution in [0.3, 0.4) is 0 Å². The van der Waals surface area contributed by atoms with Gasteiger partial charge in [0.05, 0.1) is 5.52 Å². The fourth-order valence-corrected chi connectivity index (χ4v) is 2.58. The van der Waals surface area contributed by atoms with Gasteiger partial charge in [0.1, 0.15) is 18.1 Å². The molecule has 0 fully saturated rings. The summed E-state index contributed by atoms with van der Waals surface area (Å²) in [7, 11) is 0. The zero-order chi connectivity index (χ0) is 15.4. The van der Waals surface area contributed by atoms with Crippen LogP contribution in [0.2, 0.25) is 0 Å². The Kier molecular flexibility index (Phi) is 4.41. The molecule has 3 heteroatoms. The number of nitrogens with zero attached hydrogens (tertiary/aromatic N) is 2. The van der Waals surface area contributed by atoms with Crippen LogP contribution < -0.4 is 0 Å². The largest absolute Gasteiger partial charge is 0.361 e. The highest BCUT2D eigenvalue weighted by Crippen LogP contribution is 2.27. The summed E-state index contributed by atoms with van der Waals surface area (Å²) in [5.74, 6) is 6.31. The standard InChI is InChI=1S/C19H20N2O/c1-3-5-6-9-15-12-13-17-16-10-7-8-11-18(16)21(14-22-4-2)19(17)20-15/h7-8,10-13H,3-5,14H2,1-2H3. The minimum absolute atomic E-state index is 0.513. The Bertz CT molecular complexity index is 852. The summed E-state index contributed by atoms with van der Waals surface area (Å²) in [4.78, 5) is 4.75. The van der Waals surface area contributed by atoms with E-state index < -0.39 is 0 Å². The van der Waals surface area contributed by atoms with Gasteiger partial charge in [-0.2, -0.15) is 0 Å². The number of benzene rings is 1. The maximum absolute atomic E-state index is 5.62. The lowest BCUT2D eigenvalue weighted by atomic mass is 10.2. The Balaban J connectivity index is 2.17. The molecule has 3 aromatic rings. The summed E-state index contributed by atoms with van der Waals surface area (Å²) < 4.78 is 7.74. The molecule has 0 N–H and O–H groups in total. The molecule has 2 aromatic heterocycles. The van der Waals surface area contributed by atoms with E-state index in [1.165, 1.54) is 5.39 Å². The summed E-state index contributed by atoms with van der Waals surface area (Å²) >= 11 is 0. The van der Waals surface area contributed by atoms with Crippen molar-refractivity contribution < 1.29 is 4.74 Å². The molecule has 2 heterocycles. The van der Waals surface area contributed by atoms with Crippen LogP contribution in [0.5, 0.6) is 0 Å². The van der Waals surface area contributed by atoms with Crippen LogP contribution >= 0.6 is 0 Å². The van der Waals surface area contributed by atoms with Crippen molar-refractivity contribution in [1.29, 1.82) is 0 Å². The van der Waals surface area contributed by atoms with E-state index >= 15 is 0 Å². The number of unbranched alkanes of at least 4 members (excludes halogenated alkanes) is 1. The summed E-state index contributed by atoms with van der Waals surface area (Å²) in [6.07, 6.45) is 1.97. The molecule has 112 valence electrons. The van der Waals surface area contributed by atoms with E-state index in [0.717, 1.165) is 35.1 Å². The van der Waals surface area contributed by atoms with Gasteiger partial charge in [0.15, 0.2) is 0 Å². The smallest absolute Gasteiger partial charge is 0.144 e. The quantitative estimate of drug-likeness (QED) is 0.669. The summed E-state index contributed by atoms with van der Waals surface area (Å²) in [5, 5.41) is 2.36. The Morgan fingerprint density at radius 1 is 1.09 bits per heavy atom. The van der Waals surface area contributed by atoms with Crippen molar-refractivity contribution in [2.75, 3.05) is 6.61 Å². The number of hydrogen-bond acceptors (Lipinski definition) is 2. The second-order valence-corrected chi connectivity index (χ2v) is 5.19. The van der Waals surface area contributed by atoms with Gasteiger partial charge in [-0.05, 0) is 37.5 Å². The highest BCUT2D eigenvalue weighted by atomic mass is 16.5. The van der Waals surface area contributed by atoms with Gasteiger partial charge in [-0.15, -0.1) is 0 Å². The zero-order valence-electron chi connectivity index (χ0n) is 13.1. The van der Waals surface area contributed by atoms with Gasteiger partial charge in [-0.3, -0.25) is 0 Å². The molecule has 1 aromatic carbocycles. The number of rotatable bonds is 4. The van der Waals surface area contributed by atoms with Crippen molar-refractivity contribution in [3.8, 4) is 11.8 Å². The molecule has 0 bridgehead atoms. The normalized spacial score (nSPS) is 10.8. The molecule has 0 amide bonds. The van der Waals surface area contributed by atoms with E-state index in [9.17, 15) is 0 Å². The molecular formula is C19H20N2O. The molecule has 0 saturated carbocycles. The molecule has 3 rings (SSSR count). The van der Waals surface area contributed by atoms with Gasteiger partial charge in [0.25, 0.3) is 0 Å². The van der Waals surface area contributed by atoms with Crippen LogP contribution in [0.15, 0.2) is 36.4 Å². The third kappa shape index (κ3) is 2.70. The highest BCUT2D eigenvalue weighted by molar-refractivity contribution is 6.06. The Morgan fingerprint density at radius 3 is 2.77 bits per heavy atom. The highest BCUT2D eigenvalue weighted by Gasteiger charge is 2.11. The third-order valence-electron chi connectivity index (χ3n) is 3.63. The Labute approximate surface area is 130 Å². The number of para-hydroxylation sites is 1. The molecule has 22 heavy (non-hydrogen) atoms. The fraction of sp³-hybridized carbons (Fsp3) is 0.316. The third-order valence-corrected chi connectivity index (χ3v) is 3.63. The molecule has 0 aliphatic rings. The maximum Gasteiger partial charge on any atom is 0.144 e. The van der Waals surface area contributed by atoms with Crippen molar-refractivity contribution in [2.45, 2.75) is 33.4 Å². The second kappa shape index (κ2) is 6.64. The lowest BCUT2D eigenvalue weighted by Crippen LogP contribution is -2.03. The first-order chi connectivity index (χ1) is 10.8. The monoisotopic (exact) mass is 292 g/mol. The predicted molar refractivity (Wildman–Crippen MR) is 90.7 cm³/mol. The molecule has 0 saturated heterocycles. The lowest BCUT2D eigenvalue weighted by molar-refractivity contribution is 0.0932. The topological polar surface area (TPSA) is 27.1 Å². The van der Waals surface area contributed by atoms with Gasteiger partial charge in [0.2, 0.25) is 0 Å². The Hall–Kier alpha value is -2.31. The van der Waals surface area contributed by atoms with Crippen LogP contribution in [-0.2, 0) is 11.5 Å². The average molecular weight is 292 g/mol. The van der Waals surface area contributed by atoms with Crippen molar-refractivity contribution in [1.82, 2.24) is 9.55 Å². The van der Waals surface area contributed by atoms with Crippen molar-refractivity contribution in [3.63, 3.8) is 0 Å². The first-order valence-corrected chi connectivity index (χ1v) is 7.79. The van der Waals surface area contributed by atoms with E-state index in [4.69, 9.17) is 9.72 Å². The second-order valence-electron chi connectivity index (χ2n) is 5.19. The van der Waals surface area contributed by atoms with E-state index in [0.29, 0.717) is 13.3 Å². The van der Waals surface area contributed by atoms with E-state index in [-0.39, 0.29) is 0 Å². The number of fused-ring (bicyclic) bond motifs is 3. The lowest BCUT2D eigenvalue weighted by Gasteiger charge is -2.06. The molecule has 0 atom stereocenters. The molecule has 0 unspecified atom stereocenters. The molecule has 3 nitrogen and oxygen atoms in total. The molecule has 0 radical (unpaired) electrons. The molecule has 0 aliphatic carbocycles. The minimum Gasteiger partial charge on any atom is -0.361 e. The minimum atomic E-state index is 0.513. The van der Waals surface area contributed by atoms with E-state index in [1.807, 2.05) is 19.1 Å². The van der Waals surface area contributed by atoms with Crippen LogP contribution in [0.1, 0.15) is 32.4 Å². The van der Waals surface area contributed by atoms with E-state index in [1.54, 1.807) is 0 Å². The van der Waals surface area contributed by atoms with Gasteiger partial charge >= 0.3 is 0 Å². The van der Waals surface area contributed by atoms with Crippen LogP contribution in [0.25, 0.3) is 21.9 Å². The van der Waals surface area contributed by atoms with Crippen LogP contribution in [-0.4, -0.2) is 16.2 Å². The Morgan fingerprint density at radius 2 is 1.95 bits per heavy atom. The van der Waals surface area contributed by atoms with Crippen LogP contribution in [0, 0.1) is 11.8 Å². The summed E-state index contributed by atoms with van der Waals surface area (Å²) in [5.41, 5.74) is 2.91. The van der Waals surface area contributed by atoms with Crippen molar-refractivity contribution >= 4 is 21.9 Å². The van der Waals surface area contributed by atoms with Gasteiger partial charge in [-0.25, -0.2) is 4.98 Å².